The minimum Gasteiger partial charge on any atom is -0.494 e. The molecule has 2 heteroatoms. The molecule has 1 atom stereocenters. The maximum Gasteiger partial charge on any atom is 0.119 e. The van der Waals surface area contributed by atoms with Crippen LogP contribution in [0, 0.1) is 0 Å². The molecule has 0 saturated carbocycles. The van der Waals surface area contributed by atoms with Gasteiger partial charge in [0.15, 0.2) is 0 Å². The SMILES string of the molecule is CCOc1ccc2c(c1)C(Br)CC2(C)C. The van der Waals surface area contributed by atoms with Crippen LogP contribution in [0.2, 0.25) is 0 Å². The second kappa shape index (κ2) is 3.82. The standard InChI is InChI=1S/C13H17BrO/c1-4-15-9-5-6-11-10(7-9)12(14)8-13(11,2)3/h5-7,12H,4,8H2,1-3H3. The van der Waals surface area contributed by atoms with Crippen LogP contribution in [0.25, 0.3) is 0 Å². The molecule has 0 bridgehead atoms. The van der Waals surface area contributed by atoms with Crippen molar-refractivity contribution in [1.82, 2.24) is 0 Å². The summed E-state index contributed by atoms with van der Waals surface area (Å²) in [7, 11) is 0. The fourth-order valence-electron chi connectivity index (χ4n) is 2.34. The summed E-state index contributed by atoms with van der Waals surface area (Å²) in [6.07, 6.45) is 1.16. The predicted octanol–water partition coefficient (Wildman–Crippen LogP) is 4.20. The fourth-order valence-corrected chi connectivity index (χ4v) is 3.53. The summed E-state index contributed by atoms with van der Waals surface area (Å²) in [5, 5.41) is 0. The molecule has 0 saturated heterocycles. The van der Waals surface area contributed by atoms with Gasteiger partial charge < -0.3 is 4.74 Å². The van der Waals surface area contributed by atoms with E-state index in [1.54, 1.807) is 0 Å². The Kier molecular flexibility index (Phi) is 2.80. The lowest BCUT2D eigenvalue weighted by molar-refractivity contribution is 0.340. The van der Waals surface area contributed by atoms with Crippen molar-refractivity contribution in [3.05, 3.63) is 29.3 Å². The van der Waals surface area contributed by atoms with E-state index < -0.39 is 0 Å². The van der Waals surface area contributed by atoms with Gasteiger partial charge in [0.1, 0.15) is 5.75 Å². The summed E-state index contributed by atoms with van der Waals surface area (Å²) in [5.41, 5.74) is 3.13. The molecule has 1 nitrogen and oxygen atoms in total. The quantitative estimate of drug-likeness (QED) is 0.731. The normalized spacial score (nSPS) is 22.5. The first-order valence-corrected chi connectivity index (χ1v) is 6.37. The summed E-state index contributed by atoms with van der Waals surface area (Å²) in [5.74, 6) is 0.985. The number of benzene rings is 1. The van der Waals surface area contributed by atoms with Gasteiger partial charge >= 0.3 is 0 Å². The molecule has 0 spiro atoms. The third kappa shape index (κ3) is 1.92. The minimum atomic E-state index is 0.286. The number of alkyl halides is 1. The number of hydrogen-bond acceptors (Lipinski definition) is 1. The summed E-state index contributed by atoms with van der Waals surface area (Å²) in [6.45, 7) is 7.35. The van der Waals surface area contributed by atoms with Crippen LogP contribution in [-0.2, 0) is 5.41 Å². The Hall–Kier alpha value is -0.500. The zero-order valence-corrected chi connectivity index (χ0v) is 11.1. The molecule has 0 radical (unpaired) electrons. The second-order valence-electron chi connectivity index (χ2n) is 4.74. The lowest BCUT2D eigenvalue weighted by atomic mass is 9.87. The van der Waals surface area contributed by atoms with Gasteiger partial charge in [-0.2, -0.15) is 0 Å². The van der Waals surface area contributed by atoms with E-state index >= 15 is 0 Å². The third-order valence-electron chi connectivity index (χ3n) is 3.09. The highest BCUT2D eigenvalue weighted by molar-refractivity contribution is 9.09. The average molecular weight is 269 g/mol. The van der Waals surface area contributed by atoms with Gasteiger partial charge in [0.2, 0.25) is 0 Å². The van der Waals surface area contributed by atoms with Crippen molar-refractivity contribution < 1.29 is 4.74 Å². The molecule has 82 valence electrons. The Labute approximate surface area is 100.0 Å². The van der Waals surface area contributed by atoms with Crippen LogP contribution in [0.4, 0.5) is 0 Å². The van der Waals surface area contributed by atoms with E-state index in [1.807, 2.05) is 6.92 Å². The van der Waals surface area contributed by atoms with Crippen molar-refractivity contribution in [1.29, 1.82) is 0 Å². The Balaban J connectivity index is 2.41. The van der Waals surface area contributed by atoms with E-state index in [1.165, 1.54) is 11.1 Å². The van der Waals surface area contributed by atoms with Crippen LogP contribution in [0.3, 0.4) is 0 Å². The molecular weight excluding hydrogens is 252 g/mol. The Morgan fingerprint density at radius 1 is 1.47 bits per heavy atom. The second-order valence-corrected chi connectivity index (χ2v) is 5.84. The maximum absolute atomic E-state index is 5.53. The van der Waals surface area contributed by atoms with Crippen LogP contribution in [-0.4, -0.2) is 6.61 Å². The molecule has 1 aliphatic carbocycles. The smallest absolute Gasteiger partial charge is 0.119 e. The molecular formula is C13H17BrO. The van der Waals surface area contributed by atoms with E-state index in [-0.39, 0.29) is 5.41 Å². The van der Waals surface area contributed by atoms with Gasteiger partial charge in [0.25, 0.3) is 0 Å². The van der Waals surface area contributed by atoms with E-state index in [0.29, 0.717) is 4.83 Å². The van der Waals surface area contributed by atoms with Gasteiger partial charge in [-0.05, 0) is 42.0 Å². The van der Waals surface area contributed by atoms with Gasteiger partial charge in [0.05, 0.1) is 6.61 Å². The highest BCUT2D eigenvalue weighted by Crippen LogP contribution is 2.49. The molecule has 1 aromatic carbocycles. The van der Waals surface area contributed by atoms with Gasteiger partial charge in [-0.1, -0.05) is 35.8 Å². The van der Waals surface area contributed by atoms with Crippen molar-refractivity contribution >= 4 is 15.9 Å². The molecule has 0 heterocycles. The van der Waals surface area contributed by atoms with Crippen LogP contribution in [0.15, 0.2) is 18.2 Å². The van der Waals surface area contributed by atoms with Gasteiger partial charge in [-0.25, -0.2) is 0 Å². The van der Waals surface area contributed by atoms with E-state index in [4.69, 9.17) is 4.74 Å². The molecule has 1 aliphatic rings. The molecule has 0 amide bonds. The first kappa shape index (κ1) is 11.0. The summed E-state index contributed by atoms with van der Waals surface area (Å²) in [6, 6.07) is 6.46. The van der Waals surface area contributed by atoms with Crippen LogP contribution < -0.4 is 4.74 Å². The van der Waals surface area contributed by atoms with E-state index in [9.17, 15) is 0 Å². The number of fused-ring (bicyclic) bond motifs is 1. The molecule has 2 rings (SSSR count). The fraction of sp³-hybridized carbons (Fsp3) is 0.538. The summed E-state index contributed by atoms with van der Waals surface area (Å²) in [4.78, 5) is 0.475. The van der Waals surface area contributed by atoms with Crippen molar-refractivity contribution in [2.24, 2.45) is 0 Å². The van der Waals surface area contributed by atoms with Gasteiger partial charge in [-0.3, -0.25) is 0 Å². The number of ether oxygens (including phenoxy) is 1. The Bertz CT molecular complexity index is 371. The summed E-state index contributed by atoms with van der Waals surface area (Å²) < 4.78 is 5.53. The number of hydrogen-bond donors (Lipinski definition) is 0. The predicted molar refractivity (Wildman–Crippen MR) is 66.9 cm³/mol. The molecule has 0 aliphatic heterocycles. The number of rotatable bonds is 2. The number of halogens is 1. The van der Waals surface area contributed by atoms with Crippen LogP contribution in [0.5, 0.6) is 5.75 Å². The summed E-state index contributed by atoms with van der Waals surface area (Å²) >= 11 is 3.74. The molecule has 0 aromatic heterocycles. The minimum absolute atomic E-state index is 0.286. The topological polar surface area (TPSA) is 9.23 Å². The maximum atomic E-state index is 5.53. The lowest BCUT2D eigenvalue weighted by Crippen LogP contribution is -2.11. The Morgan fingerprint density at radius 2 is 2.20 bits per heavy atom. The average Bonchev–Trinajstić information content (AvgIpc) is 2.38. The largest absolute Gasteiger partial charge is 0.494 e. The first-order valence-electron chi connectivity index (χ1n) is 5.46. The Morgan fingerprint density at radius 3 is 2.87 bits per heavy atom. The van der Waals surface area contributed by atoms with E-state index in [2.05, 4.69) is 48.0 Å². The molecule has 0 N–H and O–H groups in total. The van der Waals surface area contributed by atoms with Crippen molar-refractivity contribution in [2.75, 3.05) is 6.61 Å². The van der Waals surface area contributed by atoms with Crippen molar-refractivity contribution in [2.45, 2.75) is 37.4 Å². The van der Waals surface area contributed by atoms with E-state index in [0.717, 1.165) is 18.8 Å². The molecule has 1 unspecified atom stereocenters. The first-order chi connectivity index (χ1) is 7.04. The zero-order chi connectivity index (χ0) is 11.1. The molecule has 15 heavy (non-hydrogen) atoms. The van der Waals surface area contributed by atoms with Crippen molar-refractivity contribution in [3.8, 4) is 5.75 Å². The van der Waals surface area contributed by atoms with Crippen molar-refractivity contribution in [3.63, 3.8) is 0 Å². The van der Waals surface area contributed by atoms with Crippen LogP contribution in [0.1, 0.15) is 43.1 Å². The van der Waals surface area contributed by atoms with Gasteiger partial charge in [-0.15, -0.1) is 0 Å². The highest BCUT2D eigenvalue weighted by Gasteiger charge is 2.35. The lowest BCUT2D eigenvalue weighted by Gasteiger charge is -2.18. The van der Waals surface area contributed by atoms with Crippen LogP contribution >= 0.6 is 15.9 Å². The monoisotopic (exact) mass is 268 g/mol. The zero-order valence-electron chi connectivity index (χ0n) is 9.51. The molecule has 0 fully saturated rings. The third-order valence-corrected chi connectivity index (χ3v) is 3.91. The van der Waals surface area contributed by atoms with Gasteiger partial charge in [0, 0.05) is 4.83 Å². The molecule has 1 aromatic rings. The highest BCUT2D eigenvalue weighted by atomic mass is 79.9.